The lowest BCUT2D eigenvalue weighted by molar-refractivity contribution is -0.191. The van der Waals surface area contributed by atoms with Crippen LogP contribution >= 0.6 is 46.3 Å². The van der Waals surface area contributed by atoms with Crippen molar-refractivity contribution >= 4 is 52.5 Å². The van der Waals surface area contributed by atoms with E-state index in [1.54, 1.807) is 53.2 Å². The van der Waals surface area contributed by atoms with Gasteiger partial charge < -0.3 is 4.74 Å². The molecule has 3 heterocycles. The summed E-state index contributed by atoms with van der Waals surface area (Å²) in [4.78, 5) is 29.9. The highest BCUT2D eigenvalue weighted by atomic mass is 35.5. The summed E-state index contributed by atoms with van der Waals surface area (Å²) >= 11 is 15.7. The number of ether oxygens (including phenoxy) is 1. The maximum atomic E-state index is 8.12. The van der Waals surface area contributed by atoms with Gasteiger partial charge in [0, 0.05) is 29.3 Å². The van der Waals surface area contributed by atoms with Gasteiger partial charge in [0.25, 0.3) is 0 Å². The molecule has 0 N–H and O–H groups in total. The van der Waals surface area contributed by atoms with Gasteiger partial charge in [0.05, 0.1) is 38.3 Å². The molecule has 0 saturated carbocycles. The first-order valence-corrected chi connectivity index (χ1v) is 12.3. The summed E-state index contributed by atoms with van der Waals surface area (Å²) in [5.74, 6) is 1.06. The normalized spacial score (nSPS) is 10.6. The van der Waals surface area contributed by atoms with Crippen molar-refractivity contribution in [3.63, 3.8) is 0 Å². The van der Waals surface area contributed by atoms with Crippen LogP contribution in [0.5, 0.6) is 5.88 Å². The van der Waals surface area contributed by atoms with E-state index in [9.17, 15) is 0 Å². The highest BCUT2D eigenvalue weighted by Crippen LogP contribution is 2.41. The Bertz CT molecular complexity index is 1330. The third kappa shape index (κ3) is 6.02. The van der Waals surface area contributed by atoms with E-state index in [1.165, 1.54) is 0 Å². The van der Waals surface area contributed by atoms with Crippen molar-refractivity contribution in [3.8, 4) is 33.7 Å². The molecule has 34 heavy (non-hydrogen) atoms. The van der Waals surface area contributed by atoms with Crippen molar-refractivity contribution in [1.29, 1.82) is 0 Å². The molecule has 0 aliphatic heterocycles. The largest absolute Gasteiger partial charge is 0.481 e. The molecule has 0 spiro atoms. The maximum absolute atomic E-state index is 8.12. The molecule has 0 aliphatic carbocycles. The fraction of sp³-hybridized carbons (Fsp3) is 0.227. The Morgan fingerprint density at radius 1 is 1.15 bits per heavy atom. The van der Waals surface area contributed by atoms with Crippen molar-refractivity contribution in [2.75, 3.05) is 7.11 Å². The van der Waals surface area contributed by atoms with Gasteiger partial charge >= 0.3 is 6.15 Å². The lowest BCUT2D eigenvalue weighted by atomic mass is 10.2. The molecule has 0 fully saturated rings. The summed E-state index contributed by atoms with van der Waals surface area (Å²) in [6.45, 7) is 6.23. The Labute approximate surface area is 214 Å². The summed E-state index contributed by atoms with van der Waals surface area (Å²) in [5, 5.41) is 6.83. The first-order valence-electron chi connectivity index (χ1n) is 9.83. The van der Waals surface area contributed by atoms with Crippen molar-refractivity contribution in [2.24, 2.45) is 0 Å². The summed E-state index contributed by atoms with van der Waals surface area (Å²) in [6.07, 6.45) is 3.81. The smallest absolute Gasteiger partial charge is 0.373 e. The molecule has 0 saturated heterocycles. The van der Waals surface area contributed by atoms with Gasteiger partial charge in [-0.2, -0.15) is 19.7 Å². The van der Waals surface area contributed by atoms with Crippen LogP contribution in [0.25, 0.3) is 27.8 Å². The molecule has 4 aromatic rings. The number of thiazole rings is 1. The highest BCUT2D eigenvalue weighted by molar-refractivity contribution is 8.01. The number of nitrogens with zero attached hydrogens (tertiary/aromatic N) is 5. The van der Waals surface area contributed by atoms with Gasteiger partial charge in [-0.1, -0.05) is 54.5 Å². The van der Waals surface area contributed by atoms with Crippen LogP contribution in [-0.2, 0) is 9.59 Å². The van der Waals surface area contributed by atoms with Gasteiger partial charge in [-0.15, -0.1) is 11.8 Å². The summed E-state index contributed by atoms with van der Waals surface area (Å²) < 4.78 is 8.08. The van der Waals surface area contributed by atoms with Crippen molar-refractivity contribution in [1.82, 2.24) is 24.7 Å². The zero-order valence-corrected chi connectivity index (χ0v) is 21.7. The summed E-state index contributed by atoms with van der Waals surface area (Å²) in [7, 11) is 1.58. The lowest BCUT2D eigenvalue weighted by Crippen LogP contribution is -1.94. The fourth-order valence-corrected chi connectivity index (χ4v) is 5.62. The van der Waals surface area contributed by atoms with Crippen LogP contribution in [0.2, 0.25) is 10.0 Å². The zero-order valence-electron chi connectivity index (χ0n) is 18.6. The summed E-state index contributed by atoms with van der Waals surface area (Å²) in [5.41, 5.74) is 3.41. The average molecular weight is 536 g/mol. The monoisotopic (exact) mass is 535 g/mol. The SMILES string of the molecule is COc1ccnc(-c2cn(-c3nc(-c4ccc(Cl)c(Cl)c4)c(SC(C)C)s3)nc2C)n1.O=C=O. The predicted octanol–water partition coefficient (Wildman–Crippen LogP) is 5.99. The number of methoxy groups -OCH3 is 1. The van der Waals surface area contributed by atoms with E-state index in [4.69, 9.17) is 42.5 Å². The molecular formula is C22H19Cl2N5O3S2. The number of aromatic nitrogens is 5. The first-order chi connectivity index (χ1) is 16.3. The number of halogens is 2. The van der Waals surface area contributed by atoms with E-state index in [1.807, 2.05) is 25.3 Å². The van der Waals surface area contributed by atoms with Gasteiger partial charge in [-0.25, -0.2) is 14.6 Å². The van der Waals surface area contributed by atoms with Crippen LogP contribution in [0.15, 0.2) is 40.9 Å². The minimum atomic E-state index is 0.250. The number of carbonyl (C=O) groups excluding carboxylic acids is 2. The highest BCUT2D eigenvalue weighted by Gasteiger charge is 2.19. The Morgan fingerprint density at radius 3 is 2.53 bits per heavy atom. The first kappa shape index (κ1) is 25.9. The molecule has 12 heteroatoms. The second-order valence-corrected chi connectivity index (χ2v) is 10.6. The zero-order chi connectivity index (χ0) is 24.8. The van der Waals surface area contributed by atoms with Gasteiger partial charge in [-0.3, -0.25) is 0 Å². The van der Waals surface area contributed by atoms with Gasteiger partial charge in [0.1, 0.15) is 0 Å². The van der Waals surface area contributed by atoms with E-state index in [2.05, 4.69) is 28.9 Å². The third-order valence-electron chi connectivity index (χ3n) is 4.30. The molecule has 3 aromatic heterocycles. The predicted molar refractivity (Wildman–Crippen MR) is 133 cm³/mol. The van der Waals surface area contributed by atoms with Crippen molar-refractivity contribution in [2.45, 2.75) is 30.2 Å². The maximum Gasteiger partial charge on any atom is 0.373 e. The minimum absolute atomic E-state index is 0.250. The van der Waals surface area contributed by atoms with Crippen LogP contribution in [0.3, 0.4) is 0 Å². The Kier molecular flexibility index (Phi) is 8.82. The number of thioether (sulfide) groups is 1. The molecule has 0 bridgehead atoms. The average Bonchev–Trinajstić information content (AvgIpc) is 3.39. The van der Waals surface area contributed by atoms with Crippen LogP contribution in [-0.4, -0.2) is 43.2 Å². The van der Waals surface area contributed by atoms with Gasteiger partial charge in [0.2, 0.25) is 11.0 Å². The third-order valence-corrected chi connectivity index (χ3v) is 7.29. The molecule has 0 radical (unpaired) electrons. The van der Waals surface area contributed by atoms with Crippen molar-refractivity contribution < 1.29 is 14.3 Å². The van der Waals surface area contributed by atoms with Crippen LogP contribution < -0.4 is 4.74 Å². The van der Waals surface area contributed by atoms with E-state index in [0.29, 0.717) is 27.0 Å². The summed E-state index contributed by atoms with van der Waals surface area (Å²) in [6, 6.07) is 7.28. The topological polar surface area (TPSA) is 99.9 Å². The number of hydrogen-bond acceptors (Lipinski definition) is 9. The van der Waals surface area contributed by atoms with Crippen LogP contribution in [0.4, 0.5) is 0 Å². The molecular weight excluding hydrogens is 517 g/mol. The Balaban J connectivity index is 0.00000103. The standard InChI is InChI=1S/C21H19Cl2N5OS2.CO2/c1-11(2)30-20-18(13-5-6-15(22)16(23)9-13)26-21(31-20)28-10-14(12(3)27-28)19-24-8-7-17(25-19)29-4;2-1-3/h5-11H,1-4H3;. The fourth-order valence-electron chi connectivity index (χ4n) is 2.88. The second-order valence-electron chi connectivity index (χ2n) is 7.01. The van der Waals surface area contributed by atoms with Crippen molar-refractivity contribution in [3.05, 3.63) is 52.4 Å². The quantitative estimate of drug-likeness (QED) is 0.277. The Morgan fingerprint density at radius 2 is 1.88 bits per heavy atom. The van der Waals surface area contributed by atoms with Gasteiger partial charge in [-0.05, 0) is 19.1 Å². The van der Waals surface area contributed by atoms with E-state index < -0.39 is 0 Å². The Hall–Kier alpha value is -2.75. The minimum Gasteiger partial charge on any atom is -0.481 e. The molecule has 0 amide bonds. The molecule has 4 rings (SSSR count). The number of rotatable bonds is 6. The van der Waals surface area contributed by atoms with Gasteiger partial charge in [0.15, 0.2) is 5.82 Å². The van der Waals surface area contributed by atoms with E-state index in [0.717, 1.165) is 31.9 Å². The van der Waals surface area contributed by atoms with Crippen LogP contribution in [0.1, 0.15) is 19.5 Å². The molecule has 0 aliphatic rings. The van der Waals surface area contributed by atoms with Crippen LogP contribution in [0, 0.1) is 6.92 Å². The molecule has 1 aromatic carbocycles. The van der Waals surface area contributed by atoms with E-state index in [-0.39, 0.29) is 6.15 Å². The molecule has 176 valence electrons. The molecule has 0 atom stereocenters. The number of aryl methyl sites for hydroxylation is 1. The number of hydrogen-bond donors (Lipinski definition) is 0. The van der Waals surface area contributed by atoms with E-state index >= 15 is 0 Å². The molecule has 8 nitrogen and oxygen atoms in total. The molecule has 0 unspecified atom stereocenters. The lowest BCUT2D eigenvalue weighted by Gasteiger charge is -2.05. The number of benzene rings is 1. The second kappa shape index (κ2) is 11.6.